The van der Waals surface area contributed by atoms with Gasteiger partial charge in [0.25, 0.3) is 0 Å². The molecule has 78 valence electrons. The van der Waals surface area contributed by atoms with Crippen LogP contribution in [0.15, 0.2) is 29.7 Å². The van der Waals surface area contributed by atoms with E-state index in [4.69, 9.17) is 5.73 Å². The predicted octanol–water partition coefficient (Wildman–Crippen LogP) is 3.22. The molecule has 0 saturated heterocycles. The van der Waals surface area contributed by atoms with Crippen molar-refractivity contribution in [3.05, 3.63) is 34.5 Å². The summed E-state index contributed by atoms with van der Waals surface area (Å²) in [6.07, 6.45) is 0.910. The molecule has 1 heterocycles. The topological polar surface area (TPSA) is 26.0 Å². The van der Waals surface area contributed by atoms with Crippen molar-refractivity contribution in [3.8, 4) is 0 Å². The van der Waals surface area contributed by atoms with Crippen LogP contribution in [-0.2, 0) is 6.42 Å². The second kappa shape index (κ2) is 4.28. The number of hydrogen-bond donors (Lipinski definition) is 1. The first-order chi connectivity index (χ1) is 6.41. The molecule has 0 bridgehead atoms. The minimum absolute atomic E-state index is 0.0775. The van der Waals surface area contributed by atoms with Crippen LogP contribution in [0.1, 0.15) is 25.6 Å². The van der Waals surface area contributed by atoms with Gasteiger partial charge in [-0.25, -0.2) is 0 Å². The molecule has 1 atom stereocenters. The number of nitrogens with two attached hydrogens (primary N) is 1. The van der Waals surface area contributed by atoms with Crippen molar-refractivity contribution in [1.82, 2.24) is 0 Å². The van der Waals surface area contributed by atoms with Crippen molar-refractivity contribution in [2.24, 2.45) is 11.1 Å². The maximum absolute atomic E-state index is 6.10. The van der Waals surface area contributed by atoms with Gasteiger partial charge in [-0.3, -0.25) is 0 Å². The zero-order valence-corrected chi connectivity index (χ0v) is 10.0. The second-order valence-corrected chi connectivity index (χ2v) is 5.70. The molecule has 14 heavy (non-hydrogen) atoms. The monoisotopic (exact) mass is 209 g/mol. The Bertz CT molecular complexity index is 293. The summed E-state index contributed by atoms with van der Waals surface area (Å²) in [5.74, 6) is 0. The highest BCUT2D eigenvalue weighted by Gasteiger charge is 2.20. The Morgan fingerprint density at radius 1 is 1.57 bits per heavy atom. The quantitative estimate of drug-likeness (QED) is 0.760. The third kappa shape index (κ3) is 2.96. The first-order valence-electron chi connectivity index (χ1n) is 4.88. The van der Waals surface area contributed by atoms with Crippen LogP contribution in [0.2, 0.25) is 0 Å². The van der Waals surface area contributed by atoms with Gasteiger partial charge in [-0.2, -0.15) is 0 Å². The highest BCUT2D eigenvalue weighted by atomic mass is 32.1. The minimum atomic E-state index is 0.0775. The Morgan fingerprint density at radius 2 is 2.21 bits per heavy atom. The van der Waals surface area contributed by atoms with Gasteiger partial charge in [0, 0.05) is 17.3 Å². The molecule has 0 fully saturated rings. The molecule has 2 heteroatoms. The predicted molar refractivity (Wildman–Crippen MR) is 64.6 cm³/mol. The van der Waals surface area contributed by atoms with Crippen LogP contribution in [0.5, 0.6) is 0 Å². The van der Waals surface area contributed by atoms with E-state index < -0.39 is 0 Å². The molecule has 2 N–H and O–H groups in total. The summed E-state index contributed by atoms with van der Waals surface area (Å²) in [7, 11) is 0. The molecule has 0 aliphatic carbocycles. The molecule has 1 aromatic heterocycles. The molecule has 0 aliphatic rings. The second-order valence-electron chi connectivity index (χ2n) is 4.67. The molecule has 0 aliphatic heterocycles. The highest BCUT2D eigenvalue weighted by molar-refractivity contribution is 7.09. The summed E-state index contributed by atoms with van der Waals surface area (Å²) in [5, 5.41) is 2.09. The molecular weight excluding hydrogens is 190 g/mol. The van der Waals surface area contributed by atoms with E-state index in [0.29, 0.717) is 0 Å². The number of rotatable bonds is 3. The van der Waals surface area contributed by atoms with E-state index in [1.807, 2.05) is 0 Å². The van der Waals surface area contributed by atoms with Gasteiger partial charge in [0.1, 0.15) is 0 Å². The largest absolute Gasteiger partial charge is 0.324 e. The van der Waals surface area contributed by atoms with Gasteiger partial charge in [-0.1, -0.05) is 39.0 Å². The summed E-state index contributed by atoms with van der Waals surface area (Å²) in [5.41, 5.74) is 7.34. The maximum atomic E-state index is 6.10. The summed E-state index contributed by atoms with van der Waals surface area (Å²) < 4.78 is 0. The standard InChI is InChI=1S/C12H19NS/c1-9(12(2,3)4)11(13)8-10-6-5-7-14-10/h5-7,11H,1,8,13H2,2-4H3/t11-/m1/s1. The molecule has 0 aromatic carbocycles. The van der Waals surface area contributed by atoms with E-state index in [2.05, 4.69) is 44.9 Å². The average Bonchev–Trinajstić information content (AvgIpc) is 2.53. The van der Waals surface area contributed by atoms with E-state index in [-0.39, 0.29) is 11.5 Å². The summed E-state index contributed by atoms with van der Waals surface area (Å²) in [6, 6.07) is 4.26. The molecular formula is C12H19NS. The third-order valence-corrected chi connectivity index (χ3v) is 3.31. The smallest absolute Gasteiger partial charge is 0.0305 e. The van der Waals surface area contributed by atoms with Crippen LogP contribution in [-0.4, -0.2) is 6.04 Å². The first-order valence-corrected chi connectivity index (χ1v) is 5.76. The van der Waals surface area contributed by atoms with Crippen LogP contribution < -0.4 is 5.73 Å². The van der Waals surface area contributed by atoms with Crippen molar-refractivity contribution in [3.63, 3.8) is 0 Å². The Balaban J connectivity index is 2.59. The van der Waals surface area contributed by atoms with Crippen molar-refractivity contribution in [2.45, 2.75) is 33.2 Å². The van der Waals surface area contributed by atoms with E-state index >= 15 is 0 Å². The van der Waals surface area contributed by atoms with E-state index in [0.717, 1.165) is 12.0 Å². The fraction of sp³-hybridized carbons (Fsp3) is 0.500. The van der Waals surface area contributed by atoms with Crippen LogP contribution in [0.25, 0.3) is 0 Å². The van der Waals surface area contributed by atoms with E-state index in [9.17, 15) is 0 Å². The van der Waals surface area contributed by atoms with Gasteiger partial charge >= 0.3 is 0 Å². The van der Waals surface area contributed by atoms with E-state index in [1.54, 1.807) is 11.3 Å². The van der Waals surface area contributed by atoms with Gasteiger partial charge in [0.05, 0.1) is 0 Å². The molecule has 0 spiro atoms. The van der Waals surface area contributed by atoms with Gasteiger partial charge in [0.2, 0.25) is 0 Å². The molecule has 0 amide bonds. The van der Waals surface area contributed by atoms with Gasteiger partial charge in [-0.05, 0) is 16.9 Å². The zero-order chi connectivity index (χ0) is 10.8. The summed E-state index contributed by atoms with van der Waals surface area (Å²) in [6.45, 7) is 10.6. The first kappa shape index (κ1) is 11.5. The van der Waals surface area contributed by atoms with Crippen molar-refractivity contribution in [1.29, 1.82) is 0 Å². The number of thiophene rings is 1. The zero-order valence-electron chi connectivity index (χ0n) is 9.21. The molecule has 1 rings (SSSR count). The Hall–Kier alpha value is -0.600. The van der Waals surface area contributed by atoms with Gasteiger partial charge in [0.15, 0.2) is 0 Å². The molecule has 1 nitrogen and oxygen atoms in total. The fourth-order valence-electron chi connectivity index (χ4n) is 1.32. The van der Waals surface area contributed by atoms with Crippen LogP contribution >= 0.6 is 11.3 Å². The maximum Gasteiger partial charge on any atom is 0.0305 e. The van der Waals surface area contributed by atoms with E-state index in [1.165, 1.54) is 4.88 Å². The van der Waals surface area contributed by atoms with Gasteiger partial charge < -0.3 is 5.73 Å². The molecule has 1 aromatic rings. The van der Waals surface area contributed by atoms with Crippen LogP contribution in [0, 0.1) is 5.41 Å². The van der Waals surface area contributed by atoms with Gasteiger partial charge in [-0.15, -0.1) is 11.3 Å². The Kier molecular flexibility index (Phi) is 3.51. The Morgan fingerprint density at radius 3 is 2.64 bits per heavy atom. The third-order valence-electron chi connectivity index (χ3n) is 2.41. The molecule has 0 saturated carbocycles. The lowest BCUT2D eigenvalue weighted by molar-refractivity contribution is 0.462. The average molecular weight is 209 g/mol. The lowest BCUT2D eigenvalue weighted by Gasteiger charge is -2.26. The van der Waals surface area contributed by atoms with Crippen molar-refractivity contribution in [2.75, 3.05) is 0 Å². The SMILES string of the molecule is C=C([C@H](N)Cc1cccs1)C(C)(C)C. The normalized spacial score (nSPS) is 14.0. The Labute approximate surface area is 90.6 Å². The van der Waals surface area contributed by atoms with Crippen LogP contribution in [0.4, 0.5) is 0 Å². The highest BCUT2D eigenvalue weighted by Crippen LogP contribution is 2.27. The van der Waals surface area contributed by atoms with Crippen molar-refractivity contribution < 1.29 is 0 Å². The fourth-order valence-corrected chi connectivity index (χ4v) is 2.09. The lowest BCUT2D eigenvalue weighted by atomic mass is 9.82. The van der Waals surface area contributed by atoms with Crippen LogP contribution in [0.3, 0.4) is 0 Å². The summed E-state index contributed by atoms with van der Waals surface area (Å²) in [4.78, 5) is 1.34. The minimum Gasteiger partial charge on any atom is -0.324 e. The summed E-state index contributed by atoms with van der Waals surface area (Å²) >= 11 is 1.76. The lowest BCUT2D eigenvalue weighted by Crippen LogP contribution is -2.31. The van der Waals surface area contributed by atoms with Crippen molar-refractivity contribution >= 4 is 11.3 Å². The number of hydrogen-bond acceptors (Lipinski definition) is 2. The molecule has 0 unspecified atom stereocenters. The molecule has 0 radical (unpaired) electrons.